The van der Waals surface area contributed by atoms with Crippen molar-refractivity contribution in [2.24, 2.45) is 11.8 Å². The predicted octanol–water partition coefficient (Wildman–Crippen LogP) is 15.7. The third-order valence-electron chi connectivity index (χ3n) is 13.2. The first-order valence-corrected chi connectivity index (χ1v) is 21.0. The molecule has 7 aromatic carbocycles. The van der Waals surface area contributed by atoms with E-state index in [0.717, 1.165) is 25.7 Å². The molecule has 0 amide bonds. The molecule has 0 fully saturated rings. The van der Waals surface area contributed by atoms with E-state index >= 15 is 0 Å². The lowest BCUT2D eigenvalue weighted by atomic mass is 9.83. The summed E-state index contributed by atoms with van der Waals surface area (Å²) in [5.41, 5.74) is 18.2. The Hall–Kier alpha value is -5.34. The molecule has 56 heavy (non-hydrogen) atoms. The SMILES string of the molecule is CCc1ccc(N(c2cc(C)c(C)c(C)c2)c2cc3ccc4cc(N(C5=CC(CC)C(CC)C=C5)c5cc(C)c(C)c(C)c5)cc5ccc(c2)c3c45)cc1CC. The Morgan fingerprint density at radius 3 is 1.30 bits per heavy atom. The summed E-state index contributed by atoms with van der Waals surface area (Å²) in [5.74, 6) is 1.11. The fraction of sp³-hybridized carbons (Fsp3) is 0.296. The Morgan fingerprint density at radius 1 is 0.429 bits per heavy atom. The van der Waals surface area contributed by atoms with Crippen LogP contribution in [0.2, 0.25) is 0 Å². The lowest BCUT2D eigenvalue weighted by Crippen LogP contribution is -2.21. The van der Waals surface area contributed by atoms with Crippen molar-refractivity contribution in [3.8, 4) is 0 Å². The van der Waals surface area contributed by atoms with Crippen LogP contribution in [-0.4, -0.2) is 0 Å². The highest BCUT2D eigenvalue weighted by Crippen LogP contribution is 2.45. The summed E-state index contributed by atoms with van der Waals surface area (Å²) >= 11 is 0. The molecule has 0 N–H and O–H groups in total. The second-order valence-electron chi connectivity index (χ2n) is 16.5. The van der Waals surface area contributed by atoms with Gasteiger partial charge in [-0.2, -0.15) is 0 Å². The molecule has 0 aliphatic heterocycles. The largest absolute Gasteiger partial charge is 0.311 e. The Kier molecular flexibility index (Phi) is 10.0. The maximum absolute atomic E-state index is 2.53. The summed E-state index contributed by atoms with van der Waals surface area (Å²) in [6.45, 7) is 22.6. The van der Waals surface area contributed by atoms with Gasteiger partial charge in [0, 0.05) is 34.1 Å². The number of anilines is 5. The third-order valence-corrected chi connectivity index (χ3v) is 13.2. The molecule has 2 heteroatoms. The van der Waals surface area contributed by atoms with Gasteiger partial charge in [0.25, 0.3) is 0 Å². The van der Waals surface area contributed by atoms with Crippen molar-refractivity contribution in [3.05, 3.63) is 159 Å². The van der Waals surface area contributed by atoms with Crippen LogP contribution in [0, 0.1) is 53.4 Å². The molecule has 0 saturated heterocycles. The maximum atomic E-state index is 2.53. The van der Waals surface area contributed by atoms with Crippen LogP contribution in [0.4, 0.5) is 28.4 Å². The van der Waals surface area contributed by atoms with Crippen molar-refractivity contribution in [2.45, 2.75) is 94.9 Å². The van der Waals surface area contributed by atoms with Gasteiger partial charge >= 0.3 is 0 Å². The molecule has 2 nitrogen and oxygen atoms in total. The number of benzene rings is 7. The minimum atomic E-state index is 0.528. The number of hydrogen-bond acceptors (Lipinski definition) is 2. The molecular formula is C54H58N2. The number of rotatable bonds is 10. The van der Waals surface area contributed by atoms with Gasteiger partial charge in [0.1, 0.15) is 0 Å². The summed E-state index contributed by atoms with van der Waals surface area (Å²) < 4.78 is 0. The van der Waals surface area contributed by atoms with Crippen molar-refractivity contribution in [2.75, 3.05) is 9.80 Å². The minimum absolute atomic E-state index is 0.528. The summed E-state index contributed by atoms with van der Waals surface area (Å²) in [4.78, 5) is 4.99. The average Bonchev–Trinajstić information content (AvgIpc) is 3.20. The fourth-order valence-electron chi connectivity index (χ4n) is 9.44. The van der Waals surface area contributed by atoms with E-state index in [-0.39, 0.29) is 0 Å². The molecule has 8 rings (SSSR count). The first kappa shape index (κ1) is 37.6. The van der Waals surface area contributed by atoms with Gasteiger partial charge in [-0.05, 0) is 223 Å². The molecule has 284 valence electrons. The van der Waals surface area contributed by atoms with Crippen LogP contribution in [0.5, 0.6) is 0 Å². The molecule has 2 atom stereocenters. The van der Waals surface area contributed by atoms with E-state index in [1.165, 1.54) is 111 Å². The molecule has 0 radical (unpaired) electrons. The number of aryl methyl sites for hydroxylation is 6. The minimum Gasteiger partial charge on any atom is -0.311 e. The number of nitrogens with zero attached hydrogens (tertiary/aromatic N) is 2. The number of allylic oxidation sites excluding steroid dienone is 3. The highest BCUT2D eigenvalue weighted by atomic mass is 15.2. The van der Waals surface area contributed by atoms with Gasteiger partial charge in [-0.3, -0.25) is 0 Å². The monoisotopic (exact) mass is 734 g/mol. The van der Waals surface area contributed by atoms with Crippen molar-refractivity contribution in [1.29, 1.82) is 0 Å². The zero-order valence-electron chi connectivity index (χ0n) is 35.3. The Balaban J connectivity index is 1.31. The van der Waals surface area contributed by atoms with Gasteiger partial charge in [-0.1, -0.05) is 70.2 Å². The van der Waals surface area contributed by atoms with E-state index in [1.54, 1.807) is 0 Å². The summed E-state index contributed by atoms with van der Waals surface area (Å²) in [6.07, 6.45) is 11.7. The van der Waals surface area contributed by atoms with Crippen molar-refractivity contribution < 1.29 is 0 Å². The van der Waals surface area contributed by atoms with Gasteiger partial charge in [0.15, 0.2) is 0 Å². The van der Waals surface area contributed by atoms with Gasteiger partial charge in [-0.25, -0.2) is 0 Å². The molecule has 0 saturated carbocycles. The predicted molar refractivity (Wildman–Crippen MR) is 245 cm³/mol. The highest BCUT2D eigenvalue weighted by molar-refractivity contribution is 6.24. The summed E-state index contributed by atoms with van der Waals surface area (Å²) in [5, 5.41) is 7.77. The van der Waals surface area contributed by atoms with E-state index in [4.69, 9.17) is 0 Å². The maximum Gasteiger partial charge on any atom is 0.0473 e. The molecular weight excluding hydrogens is 677 g/mol. The highest BCUT2D eigenvalue weighted by Gasteiger charge is 2.25. The Labute approximate surface area is 335 Å². The molecule has 0 spiro atoms. The van der Waals surface area contributed by atoms with Crippen molar-refractivity contribution in [3.63, 3.8) is 0 Å². The topological polar surface area (TPSA) is 6.48 Å². The van der Waals surface area contributed by atoms with E-state index in [2.05, 4.69) is 188 Å². The summed E-state index contributed by atoms with van der Waals surface area (Å²) in [6, 6.07) is 35.6. The van der Waals surface area contributed by atoms with Crippen LogP contribution < -0.4 is 9.80 Å². The first-order chi connectivity index (χ1) is 27.0. The molecule has 7 aromatic rings. The first-order valence-electron chi connectivity index (χ1n) is 21.0. The molecule has 0 aromatic heterocycles. The average molecular weight is 735 g/mol. The zero-order chi connectivity index (χ0) is 39.4. The Morgan fingerprint density at radius 2 is 0.857 bits per heavy atom. The van der Waals surface area contributed by atoms with Crippen LogP contribution in [0.15, 0.2) is 115 Å². The van der Waals surface area contributed by atoms with Crippen LogP contribution in [-0.2, 0) is 12.8 Å². The standard InChI is InChI=1S/C54H58N2/c1-11-39-19-21-47(27-41(39)13-3)55(49-23-33(5)37(9)34(6)24-49)51-29-43-15-17-45-31-52(32-46-18-16-44(30-51)53(43)54(45)46)56(50-25-35(7)38(10)36(8)26-50)48-22-20-40(12-2)42(14-4)28-48/h15-32,39,41H,11-14H2,1-10H3. The quantitative estimate of drug-likeness (QED) is 0.129. The van der Waals surface area contributed by atoms with E-state index in [0.29, 0.717) is 11.8 Å². The smallest absolute Gasteiger partial charge is 0.0473 e. The zero-order valence-corrected chi connectivity index (χ0v) is 35.3. The second-order valence-corrected chi connectivity index (χ2v) is 16.5. The van der Waals surface area contributed by atoms with Crippen LogP contribution in [0.3, 0.4) is 0 Å². The van der Waals surface area contributed by atoms with E-state index < -0.39 is 0 Å². The molecule has 1 aliphatic rings. The van der Waals surface area contributed by atoms with Gasteiger partial charge in [0.2, 0.25) is 0 Å². The molecule has 2 unspecified atom stereocenters. The lowest BCUT2D eigenvalue weighted by Gasteiger charge is -2.33. The van der Waals surface area contributed by atoms with Crippen molar-refractivity contribution in [1.82, 2.24) is 0 Å². The van der Waals surface area contributed by atoms with Gasteiger partial charge in [-0.15, -0.1) is 0 Å². The third kappa shape index (κ3) is 6.47. The Bertz CT molecular complexity index is 2560. The van der Waals surface area contributed by atoms with E-state index in [1.807, 2.05) is 0 Å². The summed E-state index contributed by atoms with van der Waals surface area (Å²) in [7, 11) is 0. The fourth-order valence-corrected chi connectivity index (χ4v) is 9.44. The number of hydrogen-bond donors (Lipinski definition) is 0. The molecule has 1 aliphatic carbocycles. The van der Waals surface area contributed by atoms with E-state index in [9.17, 15) is 0 Å². The lowest BCUT2D eigenvalue weighted by molar-refractivity contribution is 0.442. The van der Waals surface area contributed by atoms with Crippen LogP contribution in [0.1, 0.15) is 85.0 Å². The van der Waals surface area contributed by atoms with Gasteiger partial charge in [0.05, 0.1) is 0 Å². The van der Waals surface area contributed by atoms with Crippen molar-refractivity contribution >= 4 is 60.8 Å². The van der Waals surface area contributed by atoms with Gasteiger partial charge < -0.3 is 9.80 Å². The molecule has 0 heterocycles. The van der Waals surface area contributed by atoms with Crippen LogP contribution >= 0.6 is 0 Å². The van der Waals surface area contributed by atoms with Crippen LogP contribution in [0.25, 0.3) is 32.3 Å². The molecule has 0 bridgehead atoms. The normalized spacial score (nSPS) is 15.6. The second kappa shape index (κ2) is 15.0.